The summed E-state index contributed by atoms with van der Waals surface area (Å²) in [5, 5.41) is 7.21. The Labute approximate surface area is 132 Å². The van der Waals surface area contributed by atoms with E-state index in [0.717, 1.165) is 29.1 Å². The number of amides is 1. The maximum atomic E-state index is 12.0. The highest BCUT2D eigenvalue weighted by Gasteiger charge is 2.14. The number of benzene rings is 1. The van der Waals surface area contributed by atoms with Crippen LogP contribution in [0, 0.1) is 6.92 Å². The first-order chi connectivity index (χ1) is 10.1. The van der Waals surface area contributed by atoms with Crippen molar-refractivity contribution in [2.24, 2.45) is 0 Å². The van der Waals surface area contributed by atoms with E-state index in [1.165, 1.54) is 25.7 Å². The Balaban J connectivity index is 1.71. The van der Waals surface area contributed by atoms with E-state index in [1.54, 1.807) is 0 Å². The summed E-state index contributed by atoms with van der Waals surface area (Å²) in [6.07, 6.45) is 7.89. The Hall–Kier alpha value is -1.22. The second kappa shape index (κ2) is 8.28. The predicted octanol–water partition coefficient (Wildman–Crippen LogP) is 4.29. The lowest BCUT2D eigenvalue weighted by Crippen LogP contribution is -2.35. The molecule has 1 aliphatic rings. The van der Waals surface area contributed by atoms with Crippen molar-refractivity contribution in [1.82, 2.24) is 5.32 Å². The van der Waals surface area contributed by atoms with Crippen LogP contribution in [-0.4, -0.2) is 18.5 Å². The van der Waals surface area contributed by atoms with E-state index in [-0.39, 0.29) is 5.91 Å². The zero-order valence-corrected chi connectivity index (χ0v) is 13.5. The van der Waals surface area contributed by atoms with Gasteiger partial charge in [0.15, 0.2) is 0 Å². The van der Waals surface area contributed by atoms with Gasteiger partial charge in [0.25, 0.3) is 0 Å². The Morgan fingerprint density at radius 3 is 2.62 bits per heavy atom. The van der Waals surface area contributed by atoms with Crippen molar-refractivity contribution in [3.8, 4) is 0 Å². The van der Waals surface area contributed by atoms with Crippen molar-refractivity contribution < 1.29 is 4.79 Å². The molecule has 21 heavy (non-hydrogen) atoms. The van der Waals surface area contributed by atoms with E-state index in [1.807, 2.05) is 25.1 Å². The number of nitrogens with one attached hydrogen (secondary N) is 2. The molecule has 1 aliphatic carbocycles. The van der Waals surface area contributed by atoms with E-state index < -0.39 is 0 Å². The van der Waals surface area contributed by atoms with Crippen LogP contribution in [0.25, 0.3) is 0 Å². The van der Waals surface area contributed by atoms with Crippen molar-refractivity contribution in [3.63, 3.8) is 0 Å². The van der Waals surface area contributed by atoms with E-state index in [2.05, 4.69) is 10.6 Å². The molecule has 2 rings (SSSR count). The summed E-state index contributed by atoms with van der Waals surface area (Å²) >= 11 is 5.93. The highest BCUT2D eigenvalue weighted by Crippen LogP contribution is 2.19. The van der Waals surface area contributed by atoms with Crippen molar-refractivity contribution >= 4 is 23.2 Å². The Morgan fingerprint density at radius 2 is 1.95 bits per heavy atom. The van der Waals surface area contributed by atoms with Gasteiger partial charge in [0.05, 0.1) is 0 Å². The average Bonchev–Trinajstić information content (AvgIpc) is 2.70. The minimum Gasteiger partial charge on any atom is -0.384 e. The number of carbonyl (C=O) groups is 1. The molecule has 1 aromatic carbocycles. The first kappa shape index (κ1) is 16.2. The summed E-state index contributed by atoms with van der Waals surface area (Å²) in [5.74, 6) is 0.154. The second-order valence-corrected chi connectivity index (χ2v) is 6.33. The molecule has 116 valence electrons. The lowest BCUT2D eigenvalue weighted by Gasteiger charge is -2.16. The minimum absolute atomic E-state index is 0.154. The van der Waals surface area contributed by atoms with Gasteiger partial charge >= 0.3 is 0 Å². The SMILES string of the molecule is Cc1cc(Cl)ccc1NCCC(=O)NC1CCCCCC1. The van der Waals surface area contributed by atoms with Gasteiger partial charge in [-0.05, 0) is 43.5 Å². The number of carbonyl (C=O) groups excluding carboxylic acids is 1. The van der Waals surface area contributed by atoms with E-state index in [0.29, 0.717) is 19.0 Å². The fraction of sp³-hybridized carbons (Fsp3) is 0.588. The molecule has 0 heterocycles. The first-order valence-electron chi connectivity index (χ1n) is 7.94. The lowest BCUT2D eigenvalue weighted by atomic mass is 10.1. The smallest absolute Gasteiger partial charge is 0.221 e. The Kier molecular flexibility index (Phi) is 6.37. The van der Waals surface area contributed by atoms with Gasteiger partial charge < -0.3 is 10.6 Å². The number of rotatable bonds is 5. The molecule has 1 amide bonds. The Bertz CT molecular complexity index is 468. The van der Waals surface area contributed by atoms with Crippen molar-refractivity contribution in [2.75, 3.05) is 11.9 Å². The van der Waals surface area contributed by atoms with Gasteiger partial charge in [-0.25, -0.2) is 0 Å². The van der Waals surface area contributed by atoms with Gasteiger partial charge in [0, 0.05) is 29.7 Å². The highest BCUT2D eigenvalue weighted by atomic mass is 35.5. The number of halogens is 1. The highest BCUT2D eigenvalue weighted by molar-refractivity contribution is 6.30. The van der Waals surface area contributed by atoms with Crippen molar-refractivity contribution in [3.05, 3.63) is 28.8 Å². The molecule has 0 atom stereocenters. The molecule has 2 N–H and O–H groups in total. The van der Waals surface area contributed by atoms with Crippen LogP contribution in [-0.2, 0) is 4.79 Å². The topological polar surface area (TPSA) is 41.1 Å². The molecular weight excluding hydrogens is 284 g/mol. The summed E-state index contributed by atoms with van der Waals surface area (Å²) in [5.41, 5.74) is 2.15. The molecule has 0 radical (unpaired) electrons. The van der Waals surface area contributed by atoms with Crippen LogP contribution in [0.15, 0.2) is 18.2 Å². The van der Waals surface area contributed by atoms with Gasteiger partial charge in [0.2, 0.25) is 5.91 Å². The third kappa shape index (κ3) is 5.58. The molecule has 0 bridgehead atoms. The molecule has 0 spiro atoms. The van der Waals surface area contributed by atoms with Gasteiger partial charge in [0.1, 0.15) is 0 Å². The van der Waals surface area contributed by atoms with E-state index in [9.17, 15) is 4.79 Å². The standard InChI is InChI=1S/C17H25ClN2O/c1-13-12-14(18)8-9-16(13)19-11-10-17(21)20-15-6-4-2-3-5-7-15/h8-9,12,15,19H,2-7,10-11H2,1H3,(H,20,21). The average molecular weight is 309 g/mol. The molecule has 1 aromatic rings. The molecule has 3 nitrogen and oxygen atoms in total. The van der Waals surface area contributed by atoms with Crippen LogP contribution in [0.1, 0.15) is 50.5 Å². The van der Waals surface area contributed by atoms with Gasteiger partial charge in [-0.3, -0.25) is 4.79 Å². The molecule has 0 saturated heterocycles. The predicted molar refractivity (Wildman–Crippen MR) is 88.9 cm³/mol. The van der Waals surface area contributed by atoms with Gasteiger partial charge in [-0.2, -0.15) is 0 Å². The van der Waals surface area contributed by atoms with Gasteiger partial charge in [-0.15, -0.1) is 0 Å². The first-order valence-corrected chi connectivity index (χ1v) is 8.32. The molecular formula is C17H25ClN2O. The van der Waals surface area contributed by atoms with E-state index >= 15 is 0 Å². The maximum absolute atomic E-state index is 12.0. The normalized spacial score (nSPS) is 16.3. The zero-order valence-electron chi connectivity index (χ0n) is 12.8. The second-order valence-electron chi connectivity index (χ2n) is 5.89. The number of aryl methyl sites for hydroxylation is 1. The third-order valence-corrected chi connectivity index (χ3v) is 4.31. The molecule has 0 aromatic heterocycles. The molecule has 4 heteroatoms. The fourth-order valence-corrected chi connectivity index (χ4v) is 3.09. The summed E-state index contributed by atoms with van der Waals surface area (Å²) in [6, 6.07) is 6.14. The fourth-order valence-electron chi connectivity index (χ4n) is 2.86. The summed E-state index contributed by atoms with van der Waals surface area (Å²) in [7, 11) is 0. The maximum Gasteiger partial charge on any atom is 0.221 e. The minimum atomic E-state index is 0.154. The van der Waals surface area contributed by atoms with Crippen molar-refractivity contribution in [2.45, 2.75) is 57.9 Å². The summed E-state index contributed by atoms with van der Waals surface area (Å²) in [4.78, 5) is 12.0. The quantitative estimate of drug-likeness (QED) is 0.797. The molecule has 0 aliphatic heterocycles. The van der Waals surface area contributed by atoms with Gasteiger partial charge in [-0.1, -0.05) is 37.3 Å². The van der Waals surface area contributed by atoms with Crippen LogP contribution in [0.3, 0.4) is 0 Å². The molecule has 0 unspecified atom stereocenters. The van der Waals surface area contributed by atoms with Crippen LogP contribution < -0.4 is 10.6 Å². The zero-order chi connectivity index (χ0) is 15.1. The Morgan fingerprint density at radius 1 is 1.24 bits per heavy atom. The monoisotopic (exact) mass is 308 g/mol. The van der Waals surface area contributed by atoms with Crippen LogP contribution >= 0.6 is 11.6 Å². The largest absolute Gasteiger partial charge is 0.384 e. The summed E-state index contributed by atoms with van der Waals surface area (Å²) in [6.45, 7) is 2.67. The number of anilines is 1. The lowest BCUT2D eigenvalue weighted by molar-refractivity contribution is -0.121. The van der Waals surface area contributed by atoms with Crippen LogP contribution in [0.4, 0.5) is 5.69 Å². The van der Waals surface area contributed by atoms with Crippen molar-refractivity contribution in [1.29, 1.82) is 0 Å². The summed E-state index contributed by atoms with van der Waals surface area (Å²) < 4.78 is 0. The van der Waals surface area contributed by atoms with E-state index in [4.69, 9.17) is 11.6 Å². The number of hydrogen-bond acceptors (Lipinski definition) is 2. The third-order valence-electron chi connectivity index (χ3n) is 4.08. The molecule has 1 fully saturated rings. The van der Waals surface area contributed by atoms with Crippen LogP contribution in [0.5, 0.6) is 0 Å². The number of hydrogen-bond donors (Lipinski definition) is 2. The molecule has 1 saturated carbocycles. The van der Waals surface area contributed by atoms with Crippen LogP contribution in [0.2, 0.25) is 5.02 Å².